The number of benzene rings is 2. The average Bonchev–Trinajstić information content (AvgIpc) is 3.22. The molecule has 0 unspecified atom stereocenters. The van der Waals surface area contributed by atoms with Gasteiger partial charge in [0.25, 0.3) is 5.91 Å². The molecule has 4 N–H and O–H groups in total. The van der Waals surface area contributed by atoms with E-state index in [0.29, 0.717) is 11.6 Å². The van der Waals surface area contributed by atoms with Crippen molar-refractivity contribution in [2.75, 3.05) is 24.1 Å². The van der Waals surface area contributed by atoms with Gasteiger partial charge >= 0.3 is 0 Å². The highest BCUT2D eigenvalue weighted by Gasteiger charge is 2.22. The Labute approximate surface area is 164 Å². The molecule has 144 valence electrons. The maximum atomic E-state index is 12.5. The molecule has 1 fully saturated rings. The molecule has 0 radical (unpaired) electrons. The van der Waals surface area contributed by atoms with Crippen LogP contribution in [0.2, 0.25) is 0 Å². The molecule has 1 amide bonds. The SMILES string of the molecule is Nc1ccc(Cc2ccc(NC(=O)c3coc(C4CCNCC4)n3)cc2)cc1. The number of nitrogens with two attached hydrogens (primary N) is 1. The first-order valence-electron chi connectivity index (χ1n) is 9.58. The van der Waals surface area contributed by atoms with E-state index in [0.717, 1.165) is 49.3 Å². The number of carbonyl (C=O) groups excluding carboxylic acids is 1. The summed E-state index contributed by atoms with van der Waals surface area (Å²) in [5, 5.41) is 6.20. The van der Waals surface area contributed by atoms with E-state index in [2.05, 4.69) is 15.6 Å². The Bertz CT molecular complexity index is 926. The van der Waals surface area contributed by atoms with Gasteiger partial charge in [-0.1, -0.05) is 24.3 Å². The number of aromatic nitrogens is 1. The normalized spacial score (nSPS) is 14.7. The lowest BCUT2D eigenvalue weighted by Crippen LogP contribution is -2.26. The van der Waals surface area contributed by atoms with E-state index in [1.165, 1.54) is 11.8 Å². The second kappa shape index (κ2) is 8.27. The molecular weight excluding hydrogens is 352 g/mol. The highest BCUT2D eigenvalue weighted by molar-refractivity contribution is 6.02. The highest BCUT2D eigenvalue weighted by Crippen LogP contribution is 2.24. The molecule has 28 heavy (non-hydrogen) atoms. The lowest BCUT2D eigenvalue weighted by atomic mass is 9.98. The Morgan fingerprint density at radius 2 is 1.71 bits per heavy atom. The third kappa shape index (κ3) is 4.40. The monoisotopic (exact) mass is 376 g/mol. The quantitative estimate of drug-likeness (QED) is 0.592. The number of hydrogen-bond acceptors (Lipinski definition) is 5. The molecule has 2 heterocycles. The van der Waals surface area contributed by atoms with Gasteiger partial charge in [-0.15, -0.1) is 0 Å². The molecule has 4 rings (SSSR count). The van der Waals surface area contributed by atoms with Crippen molar-refractivity contribution in [3.8, 4) is 0 Å². The lowest BCUT2D eigenvalue weighted by Gasteiger charge is -2.19. The molecule has 0 spiro atoms. The number of carbonyl (C=O) groups is 1. The molecule has 1 aliphatic heterocycles. The highest BCUT2D eigenvalue weighted by atomic mass is 16.3. The van der Waals surface area contributed by atoms with E-state index in [9.17, 15) is 4.79 Å². The summed E-state index contributed by atoms with van der Waals surface area (Å²) in [4.78, 5) is 16.9. The third-order valence-electron chi connectivity index (χ3n) is 5.04. The van der Waals surface area contributed by atoms with Crippen molar-refractivity contribution in [3.63, 3.8) is 0 Å². The summed E-state index contributed by atoms with van der Waals surface area (Å²) in [6.45, 7) is 1.91. The van der Waals surface area contributed by atoms with Crippen LogP contribution in [0.1, 0.15) is 46.3 Å². The Morgan fingerprint density at radius 1 is 1.07 bits per heavy atom. The summed E-state index contributed by atoms with van der Waals surface area (Å²) in [5.74, 6) is 0.691. The minimum Gasteiger partial charge on any atom is -0.448 e. The van der Waals surface area contributed by atoms with Gasteiger partial charge in [-0.3, -0.25) is 4.79 Å². The Hall–Kier alpha value is -3.12. The molecule has 0 atom stereocenters. The summed E-state index contributed by atoms with van der Waals surface area (Å²) in [6.07, 6.45) is 4.23. The number of anilines is 2. The van der Waals surface area contributed by atoms with Gasteiger partial charge in [-0.25, -0.2) is 4.98 Å². The fourth-order valence-electron chi connectivity index (χ4n) is 3.42. The molecular formula is C22H24N4O2. The van der Waals surface area contributed by atoms with Gasteiger partial charge in [0, 0.05) is 17.3 Å². The number of nitrogens with one attached hydrogen (secondary N) is 2. The number of amides is 1. The largest absolute Gasteiger partial charge is 0.448 e. The fraction of sp³-hybridized carbons (Fsp3) is 0.273. The van der Waals surface area contributed by atoms with Crippen LogP contribution >= 0.6 is 0 Å². The third-order valence-corrected chi connectivity index (χ3v) is 5.04. The molecule has 0 bridgehead atoms. The van der Waals surface area contributed by atoms with Crippen LogP contribution in [-0.2, 0) is 6.42 Å². The number of oxazole rings is 1. The summed E-state index contributed by atoms with van der Waals surface area (Å²) in [6, 6.07) is 15.7. The van der Waals surface area contributed by atoms with E-state index < -0.39 is 0 Å². The molecule has 1 saturated heterocycles. The van der Waals surface area contributed by atoms with Crippen LogP contribution in [-0.4, -0.2) is 24.0 Å². The minimum atomic E-state index is -0.254. The first-order chi connectivity index (χ1) is 13.7. The second-order valence-electron chi connectivity index (χ2n) is 7.16. The van der Waals surface area contributed by atoms with E-state index >= 15 is 0 Å². The van der Waals surface area contributed by atoms with Crippen LogP contribution in [0.4, 0.5) is 11.4 Å². The average molecular weight is 376 g/mol. The molecule has 6 heteroatoms. The minimum absolute atomic E-state index is 0.254. The molecule has 2 aromatic carbocycles. The van der Waals surface area contributed by atoms with Crippen LogP contribution in [0, 0.1) is 0 Å². The molecule has 1 aliphatic rings. The zero-order valence-corrected chi connectivity index (χ0v) is 15.7. The van der Waals surface area contributed by atoms with Crippen LogP contribution in [0.3, 0.4) is 0 Å². The van der Waals surface area contributed by atoms with E-state index in [4.69, 9.17) is 10.2 Å². The fourth-order valence-corrected chi connectivity index (χ4v) is 3.42. The standard InChI is InChI=1S/C22H24N4O2/c23-18-5-1-15(2-6-18)13-16-3-7-19(8-4-16)25-21(27)20-14-28-22(26-20)17-9-11-24-12-10-17/h1-8,14,17,24H,9-13,23H2,(H,25,27). The predicted molar refractivity (Wildman–Crippen MR) is 109 cm³/mol. The van der Waals surface area contributed by atoms with Crippen molar-refractivity contribution < 1.29 is 9.21 Å². The van der Waals surface area contributed by atoms with Gasteiger partial charge < -0.3 is 20.8 Å². The van der Waals surface area contributed by atoms with Gasteiger partial charge in [0.2, 0.25) is 0 Å². The van der Waals surface area contributed by atoms with E-state index in [1.54, 1.807) is 0 Å². The van der Waals surface area contributed by atoms with Crippen molar-refractivity contribution in [1.29, 1.82) is 0 Å². The molecule has 6 nitrogen and oxygen atoms in total. The smallest absolute Gasteiger partial charge is 0.277 e. The Morgan fingerprint density at radius 3 is 2.39 bits per heavy atom. The van der Waals surface area contributed by atoms with Crippen molar-refractivity contribution >= 4 is 17.3 Å². The summed E-state index contributed by atoms with van der Waals surface area (Å²) in [5.41, 5.74) is 9.90. The number of rotatable bonds is 5. The first kappa shape index (κ1) is 18.3. The van der Waals surface area contributed by atoms with Gasteiger partial charge in [0.15, 0.2) is 11.6 Å². The second-order valence-corrected chi connectivity index (χ2v) is 7.16. The molecule has 1 aromatic heterocycles. The number of nitrogens with zero attached hydrogens (tertiary/aromatic N) is 1. The zero-order chi connectivity index (χ0) is 19.3. The van der Waals surface area contributed by atoms with Gasteiger partial charge in [0.05, 0.1) is 0 Å². The first-order valence-corrected chi connectivity index (χ1v) is 9.58. The molecule has 3 aromatic rings. The molecule has 0 aliphatic carbocycles. The van der Waals surface area contributed by atoms with Crippen LogP contribution in [0.5, 0.6) is 0 Å². The summed E-state index contributed by atoms with van der Waals surface area (Å²) < 4.78 is 5.55. The molecule has 0 saturated carbocycles. The van der Waals surface area contributed by atoms with Gasteiger partial charge in [-0.2, -0.15) is 0 Å². The van der Waals surface area contributed by atoms with Crippen LogP contribution in [0.25, 0.3) is 0 Å². The summed E-state index contributed by atoms with van der Waals surface area (Å²) >= 11 is 0. The van der Waals surface area contributed by atoms with Crippen molar-refractivity contribution in [2.24, 2.45) is 0 Å². The van der Waals surface area contributed by atoms with Crippen LogP contribution < -0.4 is 16.4 Å². The number of hydrogen-bond donors (Lipinski definition) is 3. The topological polar surface area (TPSA) is 93.2 Å². The maximum absolute atomic E-state index is 12.5. The Balaban J connectivity index is 1.36. The van der Waals surface area contributed by atoms with Gasteiger partial charge in [0.1, 0.15) is 6.26 Å². The summed E-state index contributed by atoms with van der Waals surface area (Å²) in [7, 11) is 0. The Kier molecular flexibility index (Phi) is 5.39. The zero-order valence-electron chi connectivity index (χ0n) is 15.7. The maximum Gasteiger partial charge on any atom is 0.277 e. The van der Waals surface area contributed by atoms with Crippen molar-refractivity contribution in [3.05, 3.63) is 77.5 Å². The number of nitrogen functional groups attached to an aromatic ring is 1. The lowest BCUT2D eigenvalue weighted by molar-refractivity contribution is 0.102. The number of piperidine rings is 1. The van der Waals surface area contributed by atoms with Crippen LogP contribution in [0.15, 0.2) is 59.2 Å². The van der Waals surface area contributed by atoms with E-state index in [1.807, 2.05) is 48.5 Å². The van der Waals surface area contributed by atoms with Gasteiger partial charge in [-0.05, 0) is 67.7 Å². The predicted octanol–water partition coefficient (Wildman–Crippen LogP) is 3.57. The van der Waals surface area contributed by atoms with E-state index in [-0.39, 0.29) is 11.8 Å². The van der Waals surface area contributed by atoms with Crippen molar-refractivity contribution in [1.82, 2.24) is 10.3 Å². The van der Waals surface area contributed by atoms with Crippen molar-refractivity contribution in [2.45, 2.75) is 25.2 Å².